The highest BCUT2D eigenvalue weighted by Gasteiger charge is 2.41. The van der Waals surface area contributed by atoms with Crippen molar-refractivity contribution in [2.75, 3.05) is 32.8 Å². The van der Waals surface area contributed by atoms with E-state index in [2.05, 4.69) is 64.3 Å². The zero-order valence-electron chi connectivity index (χ0n) is 17.8. The van der Waals surface area contributed by atoms with Crippen LogP contribution < -0.4 is 5.32 Å². The molecule has 0 aliphatic carbocycles. The lowest BCUT2D eigenvalue weighted by atomic mass is 10.1. The molecule has 2 aromatic rings. The molecule has 2 saturated heterocycles. The fourth-order valence-corrected chi connectivity index (χ4v) is 4.89. The van der Waals surface area contributed by atoms with Crippen LogP contribution in [-0.2, 0) is 24.2 Å². The van der Waals surface area contributed by atoms with Crippen molar-refractivity contribution in [1.29, 1.82) is 0 Å². The van der Waals surface area contributed by atoms with Crippen molar-refractivity contribution in [3.8, 4) is 0 Å². The van der Waals surface area contributed by atoms with Gasteiger partial charge in [-0.1, -0.05) is 37.3 Å². The molecule has 2 unspecified atom stereocenters. The lowest BCUT2D eigenvalue weighted by molar-refractivity contribution is -0.0502. The summed E-state index contributed by atoms with van der Waals surface area (Å²) in [7, 11) is 0. The molecule has 164 valence electrons. The van der Waals surface area contributed by atoms with Crippen LogP contribution in [0.1, 0.15) is 29.3 Å². The van der Waals surface area contributed by atoms with Crippen LogP contribution in [0.15, 0.2) is 41.5 Å². The third-order valence-electron chi connectivity index (χ3n) is 5.59. The maximum Gasteiger partial charge on any atom is 0.194 e. The Morgan fingerprint density at radius 3 is 2.83 bits per heavy atom. The molecule has 0 bridgehead atoms. The third kappa shape index (κ3) is 5.72. The molecule has 1 aromatic carbocycles. The minimum absolute atomic E-state index is 0. The number of hydrogen-bond donors (Lipinski definition) is 1. The minimum Gasteiger partial charge on any atom is -0.373 e. The molecule has 6 nitrogen and oxygen atoms in total. The maximum atomic E-state index is 6.13. The predicted octanol–water partition coefficient (Wildman–Crippen LogP) is 3.37. The predicted molar refractivity (Wildman–Crippen MR) is 134 cm³/mol. The number of aromatic nitrogens is 1. The minimum atomic E-state index is 0. The van der Waals surface area contributed by atoms with Crippen LogP contribution in [0, 0.1) is 0 Å². The lowest BCUT2D eigenvalue weighted by Crippen LogP contribution is -2.50. The SMILES string of the molecule is CCNC(=NCc1ncc(CC)s1)N1CC2OCCN(Cc3ccccc3)C2C1.I. The first kappa shape index (κ1) is 23.4. The molecule has 0 saturated carbocycles. The van der Waals surface area contributed by atoms with Crippen LogP contribution >= 0.6 is 35.3 Å². The number of thiazole rings is 1. The molecule has 2 atom stereocenters. The van der Waals surface area contributed by atoms with Gasteiger partial charge in [-0.05, 0) is 18.9 Å². The van der Waals surface area contributed by atoms with E-state index in [9.17, 15) is 0 Å². The summed E-state index contributed by atoms with van der Waals surface area (Å²) >= 11 is 1.76. The largest absolute Gasteiger partial charge is 0.373 e. The summed E-state index contributed by atoms with van der Waals surface area (Å²) in [5.74, 6) is 0.971. The van der Waals surface area contributed by atoms with Gasteiger partial charge >= 0.3 is 0 Å². The summed E-state index contributed by atoms with van der Waals surface area (Å²) in [5, 5.41) is 4.55. The number of nitrogens with one attached hydrogen (secondary N) is 1. The van der Waals surface area contributed by atoms with Crippen LogP contribution in [0.25, 0.3) is 0 Å². The highest BCUT2D eigenvalue weighted by molar-refractivity contribution is 14.0. The van der Waals surface area contributed by atoms with E-state index in [1.165, 1.54) is 10.4 Å². The van der Waals surface area contributed by atoms with Gasteiger partial charge in [0.1, 0.15) is 5.01 Å². The monoisotopic (exact) mass is 541 g/mol. The Kier molecular flexibility index (Phi) is 8.91. The molecule has 0 spiro atoms. The number of aryl methyl sites for hydroxylation is 1. The molecule has 2 fully saturated rings. The van der Waals surface area contributed by atoms with Gasteiger partial charge in [0, 0.05) is 43.8 Å². The fraction of sp³-hybridized carbons (Fsp3) is 0.545. The smallest absolute Gasteiger partial charge is 0.194 e. The van der Waals surface area contributed by atoms with Crippen molar-refractivity contribution in [3.63, 3.8) is 0 Å². The standard InChI is InChI=1S/C22H31N5OS.HI/c1-3-18-12-24-21(29-18)13-25-22(23-4-2)27-15-19-20(16-27)28-11-10-26(19)14-17-8-6-5-7-9-17;/h5-9,12,19-20H,3-4,10-11,13-16H2,1-2H3,(H,23,25);1H. The van der Waals surface area contributed by atoms with E-state index in [0.29, 0.717) is 12.6 Å². The second-order valence-electron chi connectivity index (χ2n) is 7.58. The number of morpholine rings is 1. The van der Waals surface area contributed by atoms with Crippen molar-refractivity contribution >= 4 is 41.3 Å². The van der Waals surface area contributed by atoms with Crippen LogP contribution in [0.4, 0.5) is 0 Å². The van der Waals surface area contributed by atoms with E-state index in [-0.39, 0.29) is 30.1 Å². The first-order chi connectivity index (χ1) is 14.3. The van der Waals surface area contributed by atoms with Crippen LogP contribution in [0.3, 0.4) is 0 Å². The van der Waals surface area contributed by atoms with Crippen molar-refractivity contribution in [1.82, 2.24) is 20.1 Å². The zero-order chi connectivity index (χ0) is 20.1. The average Bonchev–Trinajstić information content (AvgIpc) is 3.39. The van der Waals surface area contributed by atoms with Crippen molar-refractivity contribution in [3.05, 3.63) is 52.0 Å². The van der Waals surface area contributed by atoms with E-state index in [1.54, 1.807) is 11.3 Å². The number of benzene rings is 1. The van der Waals surface area contributed by atoms with E-state index >= 15 is 0 Å². The summed E-state index contributed by atoms with van der Waals surface area (Å²) < 4.78 is 6.13. The van der Waals surface area contributed by atoms with E-state index in [0.717, 1.165) is 56.7 Å². The first-order valence-electron chi connectivity index (χ1n) is 10.6. The van der Waals surface area contributed by atoms with Gasteiger partial charge in [0.25, 0.3) is 0 Å². The number of hydrogen-bond acceptors (Lipinski definition) is 5. The molecule has 3 heterocycles. The molecular weight excluding hydrogens is 509 g/mol. The summed E-state index contributed by atoms with van der Waals surface area (Å²) in [5.41, 5.74) is 1.36. The summed E-state index contributed by atoms with van der Waals surface area (Å²) in [4.78, 5) is 15.6. The van der Waals surface area contributed by atoms with E-state index in [4.69, 9.17) is 9.73 Å². The number of likely N-dealkylation sites (tertiary alicyclic amines) is 1. The summed E-state index contributed by atoms with van der Waals surface area (Å²) in [6.45, 7) is 10.4. The van der Waals surface area contributed by atoms with Crippen LogP contribution in [0.2, 0.25) is 0 Å². The van der Waals surface area contributed by atoms with Gasteiger partial charge in [0.2, 0.25) is 0 Å². The number of guanidine groups is 1. The number of rotatable bonds is 6. The molecule has 1 aromatic heterocycles. The topological polar surface area (TPSA) is 53.0 Å². The van der Waals surface area contributed by atoms with Gasteiger partial charge in [0.05, 0.1) is 25.3 Å². The molecule has 2 aliphatic rings. The highest BCUT2D eigenvalue weighted by atomic mass is 127. The van der Waals surface area contributed by atoms with Gasteiger partial charge in [-0.15, -0.1) is 35.3 Å². The Labute approximate surface area is 200 Å². The molecule has 8 heteroatoms. The maximum absolute atomic E-state index is 6.13. The van der Waals surface area contributed by atoms with E-state index < -0.39 is 0 Å². The molecular formula is C22H32IN5OS. The quantitative estimate of drug-likeness (QED) is 0.346. The van der Waals surface area contributed by atoms with Crippen LogP contribution in [-0.4, -0.2) is 65.7 Å². The van der Waals surface area contributed by atoms with E-state index in [1.807, 2.05) is 6.20 Å². The lowest BCUT2D eigenvalue weighted by Gasteiger charge is -2.36. The Balaban J connectivity index is 0.00000256. The second kappa shape index (κ2) is 11.4. The summed E-state index contributed by atoms with van der Waals surface area (Å²) in [6, 6.07) is 11.1. The Morgan fingerprint density at radius 2 is 2.10 bits per heavy atom. The number of ether oxygens (including phenoxy) is 1. The summed E-state index contributed by atoms with van der Waals surface area (Å²) in [6.07, 6.45) is 3.25. The average molecular weight is 542 g/mol. The normalized spacial score (nSPS) is 21.9. The number of fused-ring (bicyclic) bond motifs is 1. The Hall–Kier alpha value is -1.23. The number of aliphatic imine (C=N–C) groups is 1. The van der Waals surface area contributed by atoms with Crippen molar-refractivity contribution < 1.29 is 4.74 Å². The molecule has 4 rings (SSSR count). The third-order valence-corrected chi connectivity index (χ3v) is 6.72. The molecule has 0 amide bonds. The Morgan fingerprint density at radius 1 is 1.27 bits per heavy atom. The van der Waals surface area contributed by atoms with Crippen molar-refractivity contribution in [2.24, 2.45) is 4.99 Å². The number of halogens is 1. The molecule has 1 N–H and O–H groups in total. The number of nitrogens with zero attached hydrogens (tertiary/aromatic N) is 4. The fourth-order valence-electron chi connectivity index (χ4n) is 4.10. The molecule has 30 heavy (non-hydrogen) atoms. The zero-order valence-corrected chi connectivity index (χ0v) is 20.9. The Bertz CT molecular complexity index is 815. The molecule has 2 aliphatic heterocycles. The van der Waals surface area contributed by atoms with Gasteiger partial charge in [0.15, 0.2) is 5.96 Å². The van der Waals surface area contributed by atoms with Crippen molar-refractivity contribution in [2.45, 2.75) is 45.5 Å². The van der Waals surface area contributed by atoms with Gasteiger partial charge in [-0.2, -0.15) is 0 Å². The second-order valence-corrected chi connectivity index (χ2v) is 8.78. The van der Waals surface area contributed by atoms with Gasteiger partial charge in [-0.25, -0.2) is 9.98 Å². The molecule has 0 radical (unpaired) electrons. The highest BCUT2D eigenvalue weighted by Crippen LogP contribution is 2.25. The van der Waals surface area contributed by atoms with Gasteiger partial charge < -0.3 is 15.0 Å². The first-order valence-corrected chi connectivity index (χ1v) is 11.4. The van der Waals surface area contributed by atoms with Gasteiger partial charge in [-0.3, -0.25) is 4.90 Å². The van der Waals surface area contributed by atoms with Crippen LogP contribution in [0.5, 0.6) is 0 Å².